The van der Waals surface area contributed by atoms with E-state index >= 15 is 0 Å². The molecular formula is C11H13IO2S. The average Bonchev–Trinajstić information content (AvgIpc) is 2.66. The molecule has 0 radical (unpaired) electrons. The van der Waals surface area contributed by atoms with E-state index < -0.39 is 0 Å². The second-order valence-electron chi connectivity index (χ2n) is 3.82. The Balaban J connectivity index is 1.91. The zero-order valence-corrected chi connectivity index (χ0v) is 11.3. The molecule has 0 unspecified atom stereocenters. The summed E-state index contributed by atoms with van der Waals surface area (Å²) in [5.74, 6) is 0.824. The van der Waals surface area contributed by atoms with Crippen molar-refractivity contribution < 1.29 is 9.53 Å². The summed E-state index contributed by atoms with van der Waals surface area (Å²) >= 11 is 3.89. The van der Waals surface area contributed by atoms with Crippen LogP contribution in [0.5, 0.6) is 0 Å². The average molecular weight is 336 g/mol. The lowest BCUT2D eigenvalue weighted by molar-refractivity contribution is 0.0601. The van der Waals surface area contributed by atoms with E-state index in [0.717, 1.165) is 31.6 Å². The Morgan fingerprint density at radius 3 is 2.87 bits per heavy atom. The highest BCUT2D eigenvalue weighted by molar-refractivity contribution is 14.1. The first-order valence-electron chi connectivity index (χ1n) is 5.10. The third-order valence-corrected chi connectivity index (χ3v) is 4.49. The van der Waals surface area contributed by atoms with E-state index in [4.69, 9.17) is 4.74 Å². The Hall–Kier alpha value is 0.0600. The van der Waals surface area contributed by atoms with Crippen molar-refractivity contribution in [1.29, 1.82) is 0 Å². The van der Waals surface area contributed by atoms with Gasteiger partial charge in [-0.15, -0.1) is 11.3 Å². The quantitative estimate of drug-likeness (QED) is 0.625. The fraction of sp³-hybridized carbons (Fsp3) is 0.545. The van der Waals surface area contributed by atoms with Crippen molar-refractivity contribution in [2.24, 2.45) is 5.92 Å². The van der Waals surface area contributed by atoms with Gasteiger partial charge in [-0.25, -0.2) is 0 Å². The number of rotatable bonds is 3. The minimum Gasteiger partial charge on any atom is -0.381 e. The largest absolute Gasteiger partial charge is 0.381 e. The maximum Gasteiger partial charge on any atom is 0.164 e. The van der Waals surface area contributed by atoms with Crippen molar-refractivity contribution in [1.82, 2.24) is 0 Å². The lowest BCUT2D eigenvalue weighted by Crippen LogP contribution is -2.18. The van der Waals surface area contributed by atoms with Gasteiger partial charge in [-0.05, 0) is 47.4 Å². The molecule has 0 N–H and O–H groups in total. The van der Waals surface area contributed by atoms with Crippen LogP contribution in [0.3, 0.4) is 0 Å². The predicted molar refractivity (Wildman–Crippen MR) is 69.5 cm³/mol. The molecule has 1 aliphatic heterocycles. The highest BCUT2D eigenvalue weighted by Gasteiger charge is 2.18. The minimum atomic E-state index is 0.293. The molecule has 0 saturated carbocycles. The molecule has 1 fully saturated rings. The molecule has 2 heterocycles. The standard InChI is InChI=1S/C11H13IO2S/c12-11-6-9(7-15-11)10(13)5-8-1-3-14-4-2-8/h6-8H,1-5H2. The molecule has 0 bridgehead atoms. The summed E-state index contributed by atoms with van der Waals surface area (Å²) in [5, 5.41) is 1.96. The van der Waals surface area contributed by atoms with E-state index in [2.05, 4.69) is 22.6 Å². The summed E-state index contributed by atoms with van der Waals surface area (Å²) in [6.45, 7) is 1.64. The van der Waals surface area contributed by atoms with Crippen LogP contribution in [0, 0.1) is 8.80 Å². The Morgan fingerprint density at radius 2 is 2.27 bits per heavy atom. The van der Waals surface area contributed by atoms with Crippen LogP contribution in [0.4, 0.5) is 0 Å². The zero-order chi connectivity index (χ0) is 10.7. The van der Waals surface area contributed by atoms with Gasteiger partial charge in [0.1, 0.15) is 0 Å². The molecular weight excluding hydrogens is 323 g/mol. The highest BCUT2D eigenvalue weighted by atomic mass is 127. The summed E-state index contributed by atoms with van der Waals surface area (Å²) in [6, 6.07) is 1.98. The first-order valence-corrected chi connectivity index (χ1v) is 7.06. The van der Waals surface area contributed by atoms with Crippen LogP contribution in [0.1, 0.15) is 29.6 Å². The van der Waals surface area contributed by atoms with Gasteiger partial charge in [0.15, 0.2) is 5.78 Å². The van der Waals surface area contributed by atoms with Crippen LogP contribution >= 0.6 is 33.9 Å². The van der Waals surface area contributed by atoms with Crippen LogP contribution in [0.2, 0.25) is 0 Å². The molecule has 2 nitrogen and oxygen atoms in total. The number of hydrogen-bond acceptors (Lipinski definition) is 3. The van der Waals surface area contributed by atoms with E-state index in [1.165, 1.54) is 2.88 Å². The summed E-state index contributed by atoms with van der Waals surface area (Å²) < 4.78 is 6.46. The van der Waals surface area contributed by atoms with Crippen LogP contribution < -0.4 is 0 Å². The topological polar surface area (TPSA) is 26.3 Å². The number of ether oxygens (including phenoxy) is 1. The van der Waals surface area contributed by atoms with Crippen molar-refractivity contribution in [2.45, 2.75) is 19.3 Å². The third-order valence-electron chi connectivity index (χ3n) is 2.70. The number of ketones is 1. The van der Waals surface area contributed by atoms with E-state index in [1.807, 2.05) is 11.4 Å². The number of halogens is 1. The Kier molecular flexibility index (Phi) is 4.16. The molecule has 2 rings (SSSR count). The second kappa shape index (κ2) is 5.41. The number of carbonyl (C=O) groups excluding carboxylic acids is 1. The highest BCUT2D eigenvalue weighted by Crippen LogP contribution is 2.23. The fourth-order valence-corrected chi connectivity index (χ4v) is 3.14. The van der Waals surface area contributed by atoms with Gasteiger partial charge in [-0.2, -0.15) is 0 Å². The van der Waals surface area contributed by atoms with Crippen molar-refractivity contribution in [2.75, 3.05) is 13.2 Å². The Morgan fingerprint density at radius 1 is 1.53 bits per heavy atom. The maximum atomic E-state index is 11.9. The predicted octanol–water partition coefficient (Wildman–Crippen LogP) is 3.35. The maximum absolute atomic E-state index is 11.9. The van der Waals surface area contributed by atoms with Gasteiger partial charge in [0.05, 0.1) is 2.88 Å². The monoisotopic (exact) mass is 336 g/mol. The Labute approximate surface area is 107 Å². The van der Waals surface area contributed by atoms with Crippen molar-refractivity contribution in [3.63, 3.8) is 0 Å². The van der Waals surface area contributed by atoms with Gasteiger partial charge in [0.2, 0.25) is 0 Å². The number of carbonyl (C=O) groups is 1. The molecule has 82 valence electrons. The second-order valence-corrected chi connectivity index (χ2v) is 6.63. The van der Waals surface area contributed by atoms with Gasteiger partial charge in [0.25, 0.3) is 0 Å². The smallest absolute Gasteiger partial charge is 0.164 e. The molecule has 0 amide bonds. The van der Waals surface area contributed by atoms with Gasteiger partial charge < -0.3 is 4.74 Å². The molecule has 1 aliphatic rings. The minimum absolute atomic E-state index is 0.293. The molecule has 4 heteroatoms. The zero-order valence-electron chi connectivity index (χ0n) is 8.37. The fourth-order valence-electron chi connectivity index (χ4n) is 1.79. The van der Waals surface area contributed by atoms with Gasteiger partial charge in [-0.1, -0.05) is 0 Å². The van der Waals surface area contributed by atoms with E-state index in [0.29, 0.717) is 18.1 Å². The van der Waals surface area contributed by atoms with Crippen molar-refractivity contribution >= 4 is 39.7 Å². The molecule has 1 saturated heterocycles. The van der Waals surface area contributed by atoms with Crippen molar-refractivity contribution in [3.05, 3.63) is 19.9 Å². The first kappa shape index (κ1) is 11.5. The first-order chi connectivity index (χ1) is 7.25. The summed E-state index contributed by atoms with van der Waals surface area (Å²) in [4.78, 5) is 11.9. The Bertz CT molecular complexity index is 342. The number of hydrogen-bond donors (Lipinski definition) is 0. The van der Waals surface area contributed by atoms with E-state index in [-0.39, 0.29) is 0 Å². The SMILES string of the molecule is O=C(CC1CCOCC1)c1csc(I)c1. The summed E-state index contributed by atoms with van der Waals surface area (Å²) in [6.07, 6.45) is 2.76. The molecule has 0 atom stereocenters. The molecule has 0 aliphatic carbocycles. The van der Waals surface area contributed by atoms with E-state index in [9.17, 15) is 4.79 Å². The van der Waals surface area contributed by atoms with E-state index in [1.54, 1.807) is 11.3 Å². The molecule has 0 spiro atoms. The van der Waals surface area contributed by atoms with Gasteiger partial charge in [-0.3, -0.25) is 4.79 Å². The molecule has 1 aromatic heterocycles. The third kappa shape index (κ3) is 3.26. The van der Waals surface area contributed by atoms with Crippen LogP contribution in [0.15, 0.2) is 11.4 Å². The van der Waals surface area contributed by atoms with Gasteiger partial charge in [0, 0.05) is 30.6 Å². The molecule has 0 aromatic carbocycles. The van der Waals surface area contributed by atoms with Gasteiger partial charge >= 0.3 is 0 Å². The van der Waals surface area contributed by atoms with Crippen molar-refractivity contribution in [3.8, 4) is 0 Å². The summed E-state index contributed by atoms with van der Waals surface area (Å²) in [7, 11) is 0. The molecule has 1 aromatic rings. The lowest BCUT2D eigenvalue weighted by Gasteiger charge is -2.20. The van der Waals surface area contributed by atoms with Crippen LogP contribution in [-0.2, 0) is 4.74 Å². The normalized spacial score (nSPS) is 17.9. The van der Waals surface area contributed by atoms with Crippen LogP contribution in [0.25, 0.3) is 0 Å². The van der Waals surface area contributed by atoms with Crippen LogP contribution in [-0.4, -0.2) is 19.0 Å². The number of thiophene rings is 1. The summed E-state index contributed by atoms with van der Waals surface area (Å²) in [5.41, 5.74) is 0.885. The molecule has 15 heavy (non-hydrogen) atoms. The lowest BCUT2D eigenvalue weighted by atomic mass is 9.93. The number of Topliss-reactive ketones (excluding diaryl/α,β-unsaturated/α-hetero) is 1.